The molecule has 2 heterocycles. The van der Waals surface area contributed by atoms with E-state index in [1.807, 2.05) is 43.3 Å². The normalized spacial score (nSPS) is 10.6. The van der Waals surface area contributed by atoms with Gasteiger partial charge in [0.05, 0.1) is 6.61 Å². The highest BCUT2D eigenvalue weighted by molar-refractivity contribution is 5.60. The largest absolute Gasteiger partial charge is 0.439 e. The van der Waals surface area contributed by atoms with Crippen molar-refractivity contribution >= 4 is 23.4 Å². The van der Waals surface area contributed by atoms with Gasteiger partial charge in [0, 0.05) is 23.9 Å². The Morgan fingerprint density at radius 1 is 1.03 bits per heavy atom. The topological polar surface area (TPSA) is 147 Å². The van der Waals surface area contributed by atoms with Gasteiger partial charge in [0.25, 0.3) is 0 Å². The zero-order valence-electron chi connectivity index (χ0n) is 16.8. The van der Waals surface area contributed by atoms with Gasteiger partial charge >= 0.3 is 0 Å². The second kappa shape index (κ2) is 9.09. The quantitative estimate of drug-likeness (QED) is 0.291. The number of ether oxygens (including phenoxy) is 1. The number of benzene rings is 2. The molecule has 0 aliphatic carbocycles. The third-order valence-electron chi connectivity index (χ3n) is 4.23. The Morgan fingerprint density at radius 3 is 2.65 bits per heavy atom. The molecule has 0 aliphatic rings. The van der Waals surface area contributed by atoms with E-state index in [2.05, 4.69) is 35.8 Å². The number of nitrogen functional groups attached to an aromatic ring is 1. The van der Waals surface area contributed by atoms with E-state index in [0.29, 0.717) is 29.9 Å². The maximum Gasteiger partial charge on any atom is 0.246 e. The Labute approximate surface area is 178 Å². The van der Waals surface area contributed by atoms with E-state index < -0.39 is 0 Å². The van der Waals surface area contributed by atoms with Crippen molar-refractivity contribution in [1.82, 2.24) is 25.1 Å². The first-order chi connectivity index (χ1) is 15.1. The number of hydrogen-bond acceptors (Lipinski definition) is 9. The summed E-state index contributed by atoms with van der Waals surface area (Å²) in [5.74, 6) is 2.54. The van der Waals surface area contributed by atoms with Gasteiger partial charge in [0.15, 0.2) is 5.82 Å². The zero-order chi connectivity index (χ0) is 21.6. The summed E-state index contributed by atoms with van der Waals surface area (Å²) in [4.78, 5) is 12.8. The number of nitrogens with two attached hydrogens (primary N) is 1. The Balaban J connectivity index is 1.44. The molecule has 0 spiro atoms. The highest BCUT2D eigenvalue weighted by Crippen LogP contribution is 2.25. The second-order valence-corrected chi connectivity index (χ2v) is 6.73. The first kappa shape index (κ1) is 20.1. The third kappa shape index (κ3) is 5.25. The van der Waals surface area contributed by atoms with Crippen molar-refractivity contribution in [2.24, 2.45) is 0 Å². The van der Waals surface area contributed by atoms with Gasteiger partial charge in [-0.25, -0.2) is 0 Å². The van der Waals surface area contributed by atoms with Gasteiger partial charge in [-0.3, -0.25) is 5.10 Å². The Hall–Kier alpha value is -4.18. The lowest BCUT2D eigenvalue weighted by atomic mass is 10.2. The maximum atomic E-state index is 8.91. The predicted octanol–water partition coefficient (Wildman–Crippen LogP) is 3.09. The maximum absolute atomic E-state index is 8.91. The summed E-state index contributed by atoms with van der Waals surface area (Å²) in [5.41, 5.74) is 8.72. The Morgan fingerprint density at radius 2 is 1.87 bits per heavy atom. The number of aliphatic hydroxyl groups excluding tert-OH is 1. The lowest BCUT2D eigenvalue weighted by Gasteiger charge is -2.08. The molecule has 6 N–H and O–H groups in total. The number of aromatic amines is 1. The highest BCUT2D eigenvalue weighted by atomic mass is 16.5. The molecule has 2 aromatic heterocycles. The smallest absolute Gasteiger partial charge is 0.246 e. The average Bonchev–Trinajstić information content (AvgIpc) is 3.21. The third-order valence-corrected chi connectivity index (χ3v) is 4.23. The van der Waals surface area contributed by atoms with Crippen LogP contribution in [0, 0.1) is 6.92 Å². The number of aliphatic hydroxyl groups is 1. The summed E-state index contributed by atoms with van der Waals surface area (Å²) in [7, 11) is 0. The number of nitrogens with one attached hydrogen (secondary N) is 3. The van der Waals surface area contributed by atoms with Crippen LogP contribution in [0.25, 0.3) is 11.4 Å². The number of aromatic nitrogens is 5. The van der Waals surface area contributed by atoms with Gasteiger partial charge in [-0.05, 0) is 48.9 Å². The van der Waals surface area contributed by atoms with Gasteiger partial charge in [0.1, 0.15) is 11.6 Å². The molecule has 4 rings (SSSR count). The van der Waals surface area contributed by atoms with Gasteiger partial charge in [-0.1, -0.05) is 12.1 Å². The number of hydrogen-bond donors (Lipinski definition) is 5. The molecule has 0 atom stereocenters. The van der Waals surface area contributed by atoms with E-state index in [0.717, 1.165) is 16.8 Å². The molecular formula is C21H22N8O2. The molecule has 0 unspecified atom stereocenters. The molecule has 0 radical (unpaired) electrons. The second-order valence-electron chi connectivity index (χ2n) is 6.73. The van der Waals surface area contributed by atoms with Crippen LogP contribution < -0.4 is 21.1 Å². The van der Waals surface area contributed by atoms with Crippen molar-refractivity contribution in [2.45, 2.75) is 6.92 Å². The average molecular weight is 418 g/mol. The number of H-pyrrole nitrogens is 1. The molecule has 0 aliphatic heterocycles. The molecular weight excluding hydrogens is 396 g/mol. The van der Waals surface area contributed by atoms with E-state index >= 15 is 0 Å². The molecule has 2 aromatic carbocycles. The van der Waals surface area contributed by atoms with Gasteiger partial charge in [0.2, 0.25) is 17.8 Å². The number of nitrogens with zero attached hydrogens (tertiary/aromatic N) is 4. The minimum atomic E-state index is -0.0420. The highest BCUT2D eigenvalue weighted by Gasteiger charge is 2.08. The molecule has 0 saturated carbocycles. The van der Waals surface area contributed by atoms with Crippen LogP contribution >= 0.6 is 0 Å². The molecule has 10 heteroatoms. The van der Waals surface area contributed by atoms with Crippen LogP contribution in [-0.4, -0.2) is 43.4 Å². The van der Waals surface area contributed by atoms with Gasteiger partial charge < -0.3 is 26.2 Å². The SMILES string of the molecule is Cc1cccc(Nc2n[nH]c(-c3ccc(Oc4cc(N)nc(NCCO)n4)cc3)n2)c1. The fraction of sp³-hybridized carbons (Fsp3) is 0.143. The number of rotatable bonds is 8. The first-order valence-corrected chi connectivity index (χ1v) is 9.63. The monoisotopic (exact) mass is 418 g/mol. The summed E-state index contributed by atoms with van der Waals surface area (Å²) in [5, 5.41) is 22.1. The standard InChI is InChI=1S/C21H22N8O2/c1-13-3-2-4-15(11-13)24-21-27-19(28-29-21)14-5-7-16(8-6-14)31-18-12-17(22)25-20(26-18)23-9-10-30/h2-8,11-12,30H,9-10H2,1H3,(H3,22,23,25,26)(H2,24,27,28,29). The number of anilines is 4. The van der Waals surface area contributed by atoms with Crippen LogP contribution in [0.15, 0.2) is 54.6 Å². The van der Waals surface area contributed by atoms with Crippen LogP contribution in [0.3, 0.4) is 0 Å². The van der Waals surface area contributed by atoms with E-state index in [9.17, 15) is 0 Å². The number of aryl methyl sites for hydroxylation is 1. The fourth-order valence-corrected chi connectivity index (χ4v) is 2.84. The summed E-state index contributed by atoms with van der Waals surface area (Å²) >= 11 is 0. The lowest BCUT2D eigenvalue weighted by Crippen LogP contribution is -2.10. The van der Waals surface area contributed by atoms with Crippen molar-refractivity contribution in [2.75, 3.05) is 29.5 Å². The molecule has 0 fully saturated rings. The van der Waals surface area contributed by atoms with E-state index in [-0.39, 0.29) is 18.4 Å². The van der Waals surface area contributed by atoms with E-state index in [4.69, 9.17) is 15.6 Å². The van der Waals surface area contributed by atoms with Crippen LogP contribution in [-0.2, 0) is 0 Å². The molecule has 0 saturated heterocycles. The molecule has 158 valence electrons. The van der Waals surface area contributed by atoms with Crippen molar-refractivity contribution < 1.29 is 9.84 Å². The van der Waals surface area contributed by atoms with Crippen molar-refractivity contribution in [3.05, 3.63) is 60.2 Å². The van der Waals surface area contributed by atoms with Gasteiger partial charge in [-0.2, -0.15) is 15.0 Å². The minimum absolute atomic E-state index is 0.0420. The predicted molar refractivity (Wildman–Crippen MR) is 118 cm³/mol. The Kier molecular flexibility index (Phi) is 5.90. The van der Waals surface area contributed by atoms with Crippen LogP contribution in [0.4, 0.5) is 23.4 Å². The first-order valence-electron chi connectivity index (χ1n) is 9.63. The molecule has 31 heavy (non-hydrogen) atoms. The molecule has 4 aromatic rings. The van der Waals surface area contributed by atoms with E-state index in [1.54, 1.807) is 12.1 Å². The van der Waals surface area contributed by atoms with Crippen molar-refractivity contribution in [3.8, 4) is 23.0 Å². The van der Waals surface area contributed by atoms with Crippen LogP contribution in [0.2, 0.25) is 0 Å². The molecule has 10 nitrogen and oxygen atoms in total. The molecule has 0 bridgehead atoms. The van der Waals surface area contributed by atoms with Crippen molar-refractivity contribution in [3.63, 3.8) is 0 Å². The zero-order valence-corrected chi connectivity index (χ0v) is 16.8. The minimum Gasteiger partial charge on any atom is -0.439 e. The fourth-order valence-electron chi connectivity index (χ4n) is 2.84. The summed E-state index contributed by atoms with van der Waals surface area (Å²) < 4.78 is 5.77. The lowest BCUT2D eigenvalue weighted by molar-refractivity contribution is 0.310. The van der Waals surface area contributed by atoms with Crippen molar-refractivity contribution in [1.29, 1.82) is 0 Å². The molecule has 0 amide bonds. The van der Waals surface area contributed by atoms with Gasteiger partial charge in [-0.15, -0.1) is 5.10 Å². The summed E-state index contributed by atoms with van der Waals surface area (Å²) in [6, 6.07) is 16.8. The summed E-state index contributed by atoms with van der Waals surface area (Å²) in [6.07, 6.45) is 0. The van der Waals surface area contributed by atoms with E-state index in [1.165, 1.54) is 6.07 Å². The van der Waals surface area contributed by atoms with Crippen LogP contribution in [0.5, 0.6) is 11.6 Å². The Bertz CT molecular complexity index is 1160. The van der Waals surface area contributed by atoms with Crippen LogP contribution in [0.1, 0.15) is 5.56 Å². The summed E-state index contributed by atoms with van der Waals surface area (Å²) in [6.45, 7) is 2.30.